The normalized spacial score (nSPS) is 10.9. The van der Waals surface area contributed by atoms with E-state index < -0.39 is 11.6 Å². The molecule has 0 heterocycles. The fourth-order valence-corrected chi connectivity index (χ4v) is 2.15. The number of rotatable bonds is 4. The Bertz CT molecular complexity index is 769. The van der Waals surface area contributed by atoms with Gasteiger partial charge in [0, 0.05) is 5.39 Å². The molecular formula is C18H19NO4. The van der Waals surface area contributed by atoms with Gasteiger partial charge >= 0.3 is 5.97 Å². The van der Waals surface area contributed by atoms with Gasteiger partial charge in [0.25, 0.3) is 0 Å². The van der Waals surface area contributed by atoms with Crippen LogP contribution in [0.2, 0.25) is 0 Å². The van der Waals surface area contributed by atoms with Crippen LogP contribution in [0.4, 0.5) is 0 Å². The summed E-state index contributed by atoms with van der Waals surface area (Å²) in [6.45, 7) is 5.15. The van der Waals surface area contributed by atoms with Crippen molar-refractivity contribution in [3.05, 3.63) is 35.9 Å². The maximum absolute atomic E-state index is 11.9. The number of hydrogen-bond acceptors (Lipinski definition) is 5. The SMILES string of the molecule is COc1ccc2ccc(C#N)cc2c1OCC(=O)OC(C)(C)C. The predicted molar refractivity (Wildman–Crippen MR) is 86.6 cm³/mol. The lowest BCUT2D eigenvalue weighted by Crippen LogP contribution is -2.27. The van der Waals surface area contributed by atoms with Crippen LogP contribution < -0.4 is 9.47 Å². The van der Waals surface area contributed by atoms with Crippen LogP contribution in [0.3, 0.4) is 0 Å². The molecule has 5 nitrogen and oxygen atoms in total. The summed E-state index contributed by atoms with van der Waals surface area (Å²) in [5.41, 5.74) is -0.0649. The quantitative estimate of drug-likeness (QED) is 0.809. The van der Waals surface area contributed by atoms with Crippen LogP contribution in [0.15, 0.2) is 30.3 Å². The molecule has 0 saturated carbocycles. The highest BCUT2D eigenvalue weighted by atomic mass is 16.6. The van der Waals surface area contributed by atoms with Gasteiger partial charge in [0.1, 0.15) is 5.60 Å². The maximum atomic E-state index is 11.9. The van der Waals surface area contributed by atoms with Crippen molar-refractivity contribution in [1.29, 1.82) is 5.26 Å². The lowest BCUT2D eigenvalue weighted by Gasteiger charge is -2.20. The first kappa shape index (κ1) is 16.6. The minimum absolute atomic E-state index is 0.233. The number of ether oxygens (including phenoxy) is 3. The molecule has 120 valence electrons. The molecule has 0 bridgehead atoms. The number of carbonyl (C=O) groups excluding carboxylic acids is 1. The molecule has 0 fully saturated rings. The van der Waals surface area contributed by atoms with Crippen LogP contribution in [-0.2, 0) is 9.53 Å². The zero-order valence-corrected chi connectivity index (χ0v) is 13.7. The zero-order valence-electron chi connectivity index (χ0n) is 13.7. The molecule has 0 spiro atoms. The van der Waals surface area contributed by atoms with Gasteiger partial charge in [-0.1, -0.05) is 12.1 Å². The molecule has 2 aromatic carbocycles. The van der Waals surface area contributed by atoms with Gasteiger partial charge in [-0.05, 0) is 44.4 Å². The molecule has 0 saturated heterocycles. The Morgan fingerprint density at radius 3 is 2.52 bits per heavy atom. The van der Waals surface area contributed by atoms with Crippen LogP contribution in [0.1, 0.15) is 26.3 Å². The smallest absolute Gasteiger partial charge is 0.344 e. The Hall–Kier alpha value is -2.74. The van der Waals surface area contributed by atoms with Gasteiger partial charge < -0.3 is 14.2 Å². The van der Waals surface area contributed by atoms with E-state index in [4.69, 9.17) is 19.5 Å². The second-order valence-corrected chi connectivity index (χ2v) is 6.02. The van der Waals surface area contributed by atoms with Crippen molar-refractivity contribution >= 4 is 16.7 Å². The molecule has 0 aromatic heterocycles. The number of hydrogen-bond donors (Lipinski definition) is 0. The monoisotopic (exact) mass is 313 g/mol. The Balaban J connectivity index is 2.34. The topological polar surface area (TPSA) is 68.5 Å². The van der Waals surface area contributed by atoms with E-state index in [1.807, 2.05) is 12.1 Å². The van der Waals surface area contributed by atoms with Crippen LogP contribution in [0.25, 0.3) is 10.8 Å². The molecule has 0 aliphatic heterocycles. The Kier molecular flexibility index (Phi) is 4.75. The van der Waals surface area contributed by atoms with E-state index in [2.05, 4.69) is 6.07 Å². The summed E-state index contributed by atoms with van der Waals surface area (Å²) in [6, 6.07) is 11.0. The molecular weight excluding hydrogens is 294 g/mol. The molecule has 0 N–H and O–H groups in total. The van der Waals surface area contributed by atoms with Gasteiger partial charge in [0.2, 0.25) is 0 Å². The summed E-state index contributed by atoms with van der Waals surface area (Å²) in [6.07, 6.45) is 0. The van der Waals surface area contributed by atoms with Gasteiger partial charge in [-0.15, -0.1) is 0 Å². The fourth-order valence-electron chi connectivity index (χ4n) is 2.15. The van der Waals surface area contributed by atoms with Crippen LogP contribution in [0.5, 0.6) is 11.5 Å². The Labute approximate surface area is 135 Å². The van der Waals surface area contributed by atoms with Gasteiger partial charge in [0.05, 0.1) is 18.7 Å². The van der Waals surface area contributed by atoms with Crippen LogP contribution >= 0.6 is 0 Å². The first-order valence-electron chi connectivity index (χ1n) is 7.19. The number of carbonyl (C=O) groups is 1. The number of methoxy groups -OCH3 is 1. The van der Waals surface area contributed by atoms with E-state index in [1.165, 1.54) is 7.11 Å². The van der Waals surface area contributed by atoms with E-state index in [-0.39, 0.29) is 6.61 Å². The molecule has 5 heteroatoms. The van der Waals surface area contributed by atoms with Crippen molar-refractivity contribution in [2.24, 2.45) is 0 Å². The lowest BCUT2D eigenvalue weighted by atomic mass is 10.1. The number of fused-ring (bicyclic) bond motifs is 1. The lowest BCUT2D eigenvalue weighted by molar-refractivity contribution is -0.157. The molecule has 0 amide bonds. The van der Waals surface area contributed by atoms with Crippen LogP contribution in [-0.4, -0.2) is 25.3 Å². The largest absolute Gasteiger partial charge is 0.493 e. The molecule has 23 heavy (non-hydrogen) atoms. The van der Waals surface area contributed by atoms with Crippen molar-refractivity contribution in [1.82, 2.24) is 0 Å². The molecule has 0 aliphatic rings. The third-order valence-electron chi connectivity index (χ3n) is 3.04. The molecule has 0 atom stereocenters. The van der Waals surface area contributed by atoms with E-state index in [0.717, 1.165) is 5.39 Å². The van der Waals surface area contributed by atoms with Crippen molar-refractivity contribution in [3.8, 4) is 17.6 Å². The first-order valence-corrected chi connectivity index (χ1v) is 7.19. The molecule has 2 aromatic rings. The number of esters is 1. The van der Waals surface area contributed by atoms with Crippen molar-refractivity contribution < 1.29 is 19.0 Å². The first-order chi connectivity index (χ1) is 10.8. The number of nitrogens with zero attached hydrogens (tertiary/aromatic N) is 1. The fraction of sp³-hybridized carbons (Fsp3) is 0.333. The van der Waals surface area contributed by atoms with Crippen molar-refractivity contribution in [2.75, 3.05) is 13.7 Å². The average molecular weight is 313 g/mol. The third kappa shape index (κ3) is 4.13. The highest BCUT2D eigenvalue weighted by molar-refractivity contribution is 5.92. The van der Waals surface area contributed by atoms with Gasteiger partial charge in [0.15, 0.2) is 18.1 Å². The number of nitriles is 1. The summed E-state index contributed by atoms with van der Waals surface area (Å²) in [7, 11) is 1.52. The summed E-state index contributed by atoms with van der Waals surface area (Å²) in [5, 5.41) is 10.7. The third-order valence-corrected chi connectivity index (χ3v) is 3.04. The van der Waals surface area contributed by atoms with Crippen molar-refractivity contribution in [2.45, 2.75) is 26.4 Å². The van der Waals surface area contributed by atoms with E-state index >= 15 is 0 Å². The second kappa shape index (κ2) is 6.57. The van der Waals surface area contributed by atoms with E-state index in [9.17, 15) is 4.79 Å². The predicted octanol–water partition coefficient (Wildman–Crippen LogP) is 3.44. The van der Waals surface area contributed by atoms with Gasteiger partial charge in [-0.25, -0.2) is 4.79 Å². The average Bonchev–Trinajstić information content (AvgIpc) is 2.50. The van der Waals surface area contributed by atoms with E-state index in [0.29, 0.717) is 22.4 Å². The van der Waals surface area contributed by atoms with E-state index in [1.54, 1.807) is 39.0 Å². The summed E-state index contributed by atoms with van der Waals surface area (Å²) in [5.74, 6) is 0.456. The van der Waals surface area contributed by atoms with Gasteiger partial charge in [-0.2, -0.15) is 5.26 Å². The molecule has 0 radical (unpaired) electrons. The zero-order chi connectivity index (χ0) is 17.0. The highest BCUT2D eigenvalue weighted by Gasteiger charge is 2.18. The molecule has 0 unspecified atom stereocenters. The maximum Gasteiger partial charge on any atom is 0.344 e. The Morgan fingerprint density at radius 1 is 1.22 bits per heavy atom. The van der Waals surface area contributed by atoms with Crippen LogP contribution in [0, 0.1) is 11.3 Å². The summed E-state index contributed by atoms with van der Waals surface area (Å²) in [4.78, 5) is 11.9. The van der Waals surface area contributed by atoms with Crippen molar-refractivity contribution in [3.63, 3.8) is 0 Å². The molecule has 2 rings (SSSR count). The number of benzene rings is 2. The summed E-state index contributed by atoms with van der Waals surface area (Å²) >= 11 is 0. The Morgan fingerprint density at radius 2 is 1.91 bits per heavy atom. The minimum atomic E-state index is -0.572. The minimum Gasteiger partial charge on any atom is -0.493 e. The standard InChI is InChI=1S/C18H19NO4/c1-18(2,3)23-16(20)11-22-17-14-9-12(10-19)5-6-13(14)7-8-15(17)21-4/h5-9H,11H2,1-4H3. The van der Waals surface area contributed by atoms with Gasteiger partial charge in [-0.3, -0.25) is 0 Å². The summed E-state index contributed by atoms with van der Waals surface area (Å²) < 4.78 is 16.2. The highest BCUT2D eigenvalue weighted by Crippen LogP contribution is 2.36. The molecule has 0 aliphatic carbocycles. The second-order valence-electron chi connectivity index (χ2n) is 6.02.